The number of aryl methyl sites for hydroxylation is 1. The third-order valence-corrected chi connectivity index (χ3v) is 4.38. The van der Waals surface area contributed by atoms with Crippen molar-refractivity contribution < 1.29 is 0 Å². The summed E-state index contributed by atoms with van der Waals surface area (Å²) in [5.74, 6) is 0.750. The molecule has 0 amide bonds. The summed E-state index contributed by atoms with van der Waals surface area (Å²) in [6, 6.07) is 7.52. The highest BCUT2D eigenvalue weighted by Gasteiger charge is 2.04. The lowest BCUT2D eigenvalue weighted by Crippen LogP contribution is -2.08. The Morgan fingerprint density at radius 2 is 2.11 bits per heavy atom. The highest BCUT2D eigenvalue weighted by Crippen LogP contribution is 2.27. The Morgan fingerprint density at radius 3 is 2.78 bits per heavy atom. The minimum Gasteiger partial charge on any atom is -0.301 e. The summed E-state index contributed by atoms with van der Waals surface area (Å²) < 4.78 is 2.07. The van der Waals surface area contributed by atoms with E-state index in [0.717, 1.165) is 26.0 Å². The fraction of sp³-hybridized carbons (Fsp3) is 0.167. The maximum Gasteiger partial charge on any atom is 0.251 e. The highest BCUT2D eigenvalue weighted by atomic mass is 79.9. The van der Waals surface area contributed by atoms with E-state index in [1.165, 1.54) is 17.8 Å². The molecule has 0 saturated carbocycles. The van der Waals surface area contributed by atoms with Gasteiger partial charge in [-0.15, -0.1) is 0 Å². The molecule has 0 aliphatic carbocycles. The van der Waals surface area contributed by atoms with Gasteiger partial charge in [0, 0.05) is 26.5 Å². The molecule has 94 valence electrons. The molecule has 2 aromatic rings. The van der Waals surface area contributed by atoms with Crippen LogP contribution in [0.5, 0.6) is 0 Å². The van der Waals surface area contributed by atoms with Gasteiger partial charge >= 0.3 is 0 Å². The average Bonchev–Trinajstić information content (AvgIpc) is 2.26. The molecule has 0 atom stereocenters. The molecule has 2 rings (SSSR count). The van der Waals surface area contributed by atoms with E-state index in [9.17, 15) is 4.79 Å². The van der Waals surface area contributed by atoms with Crippen LogP contribution in [-0.4, -0.2) is 9.97 Å². The molecular weight excluding hydrogens is 380 g/mol. The standard InChI is InChI=1S/C12H10Br2N2OS/c1-7-4-11(17)16-12(15-7)18-6-8-2-3-9(13)5-10(8)14/h2-5H,6H2,1H3,(H,15,16,17). The van der Waals surface area contributed by atoms with E-state index in [1.54, 1.807) is 0 Å². The van der Waals surface area contributed by atoms with Crippen LogP contribution < -0.4 is 5.56 Å². The van der Waals surface area contributed by atoms with Crippen LogP contribution >= 0.6 is 43.6 Å². The number of hydrogen-bond acceptors (Lipinski definition) is 3. The number of H-pyrrole nitrogens is 1. The summed E-state index contributed by atoms with van der Waals surface area (Å²) in [4.78, 5) is 18.3. The van der Waals surface area contributed by atoms with Gasteiger partial charge in [-0.3, -0.25) is 4.79 Å². The SMILES string of the molecule is Cc1cc(=O)[nH]c(SCc2ccc(Br)cc2Br)n1. The molecule has 0 fully saturated rings. The number of benzene rings is 1. The van der Waals surface area contributed by atoms with Gasteiger partial charge in [0.2, 0.25) is 0 Å². The van der Waals surface area contributed by atoms with E-state index in [-0.39, 0.29) is 5.56 Å². The summed E-state index contributed by atoms with van der Waals surface area (Å²) >= 11 is 8.44. The Bertz CT molecular complexity index is 628. The van der Waals surface area contributed by atoms with Crippen LogP contribution in [0.15, 0.2) is 43.2 Å². The third-order valence-electron chi connectivity index (χ3n) is 2.23. The molecule has 0 aliphatic heterocycles. The quantitative estimate of drug-likeness (QED) is 0.639. The van der Waals surface area contributed by atoms with Crippen LogP contribution in [0.3, 0.4) is 0 Å². The molecule has 1 heterocycles. The normalized spacial score (nSPS) is 10.6. The van der Waals surface area contributed by atoms with E-state index in [0.29, 0.717) is 5.16 Å². The number of aromatic amines is 1. The molecule has 3 nitrogen and oxygen atoms in total. The summed E-state index contributed by atoms with van der Waals surface area (Å²) in [6.45, 7) is 1.81. The van der Waals surface area contributed by atoms with Crippen molar-refractivity contribution in [2.24, 2.45) is 0 Å². The van der Waals surface area contributed by atoms with Gasteiger partial charge in [-0.1, -0.05) is 49.7 Å². The minimum absolute atomic E-state index is 0.111. The second-order valence-corrected chi connectivity index (χ2v) is 6.45. The van der Waals surface area contributed by atoms with Gasteiger partial charge < -0.3 is 4.98 Å². The van der Waals surface area contributed by atoms with Gasteiger partial charge in [-0.05, 0) is 24.6 Å². The van der Waals surface area contributed by atoms with Crippen LogP contribution in [0.2, 0.25) is 0 Å². The van der Waals surface area contributed by atoms with Gasteiger partial charge in [0.05, 0.1) is 0 Å². The lowest BCUT2D eigenvalue weighted by molar-refractivity contribution is 0.905. The van der Waals surface area contributed by atoms with Crippen molar-refractivity contribution in [1.29, 1.82) is 0 Å². The molecule has 0 bridgehead atoms. The van der Waals surface area contributed by atoms with E-state index in [4.69, 9.17) is 0 Å². The Morgan fingerprint density at radius 1 is 1.33 bits per heavy atom. The lowest BCUT2D eigenvalue weighted by Gasteiger charge is -2.05. The molecule has 0 aliphatic rings. The number of aromatic nitrogens is 2. The predicted molar refractivity (Wildman–Crippen MR) is 81.0 cm³/mol. The second kappa shape index (κ2) is 6.04. The van der Waals surface area contributed by atoms with E-state index in [2.05, 4.69) is 41.8 Å². The number of hydrogen-bond donors (Lipinski definition) is 1. The van der Waals surface area contributed by atoms with Crippen LogP contribution in [0, 0.1) is 6.92 Å². The predicted octanol–water partition coefficient (Wildman–Crippen LogP) is 3.90. The maximum absolute atomic E-state index is 11.3. The van der Waals surface area contributed by atoms with Crippen molar-refractivity contribution in [3.8, 4) is 0 Å². The van der Waals surface area contributed by atoms with Crippen LogP contribution in [0.1, 0.15) is 11.3 Å². The fourth-order valence-electron chi connectivity index (χ4n) is 1.40. The van der Waals surface area contributed by atoms with Gasteiger partial charge in [-0.2, -0.15) is 0 Å². The van der Waals surface area contributed by atoms with Crippen LogP contribution in [0.4, 0.5) is 0 Å². The molecule has 18 heavy (non-hydrogen) atoms. The van der Waals surface area contributed by atoms with Crippen molar-refractivity contribution in [2.45, 2.75) is 17.8 Å². The zero-order chi connectivity index (χ0) is 13.1. The summed E-state index contributed by atoms with van der Waals surface area (Å²) in [5.41, 5.74) is 1.78. The lowest BCUT2D eigenvalue weighted by atomic mass is 10.2. The third kappa shape index (κ3) is 3.70. The zero-order valence-corrected chi connectivity index (χ0v) is 13.5. The molecule has 0 saturated heterocycles. The number of thioether (sulfide) groups is 1. The van der Waals surface area contributed by atoms with Crippen molar-refractivity contribution in [3.63, 3.8) is 0 Å². The van der Waals surface area contributed by atoms with E-state index < -0.39 is 0 Å². The highest BCUT2D eigenvalue weighted by molar-refractivity contribution is 9.11. The summed E-state index contributed by atoms with van der Waals surface area (Å²) in [7, 11) is 0. The minimum atomic E-state index is -0.111. The van der Waals surface area contributed by atoms with Gasteiger partial charge in [0.1, 0.15) is 0 Å². The maximum atomic E-state index is 11.3. The van der Waals surface area contributed by atoms with Crippen LogP contribution in [-0.2, 0) is 5.75 Å². The molecule has 0 radical (unpaired) electrons. The topological polar surface area (TPSA) is 45.8 Å². The largest absolute Gasteiger partial charge is 0.301 e. The molecule has 1 aromatic heterocycles. The Balaban J connectivity index is 2.13. The molecule has 1 aromatic carbocycles. The van der Waals surface area contributed by atoms with Crippen molar-refractivity contribution >= 4 is 43.6 Å². The summed E-state index contributed by atoms with van der Waals surface area (Å²) in [6.07, 6.45) is 0. The molecular formula is C12H10Br2N2OS. The Labute approximate surface area is 126 Å². The second-order valence-electron chi connectivity index (χ2n) is 3.72. The van der Waals surface area contributed by atoms with Crippen molar-refractivity contribution in [3.05, 3.63) is 54.8 Å². The van der Waals surface area contributed by atoms with Gasteiger partial charge in [0.25, 0.3) is 5.56 Å². The van der Waals surface area contributed by atoms with E-state index >= 15 is 0 Å². The smallest absolute Gasteiger partial charge is 0.251 e. The molecule has 1 N–H and O–H groups in total. The number of nitrogens with zero attached hydrogens (tertiary/aromatic N) is 1. The monoisotopic (exact) mass is 388 g/mol. The molecule has 0 spiro atoms. The van der Waals surface area contributed by atoms with Gasteiger partial charge in [-0.25, -0.2) is 4.98 Å². The van der Waals surface area contributed by atoms with Gasteiger partial charge in [0.15, 0.2) is 5.16 Å². The first-order valence-corrected chi connectivity index (χ1v) is 7.76. The van der Waals surface area contributed by atoms with Crippen molar-refractivity contribution in [2.75, 3.05) is 0 Å². The van der Waals surface area contributed by atoms with Crippen molar-refractivity contribution in [1.82, 2.24) is 9.97 Å². The summed E-state index contributed by atoms with van der Waals surface area (Å²) in [5, 5.41) is 0.648. The zero-order valence-electron chi connectivity index (χ0n) is 9.54. The van der Waals surface area contributed by atoms with E-state index in [1.807, 2.05) is 25.1 Å². The number of halogens is 2. The first kappa shape index (κ1) is 13.8. The number of rotatable bonds is 3. The Kier molecular flexibility index (Phi) is 4.64. The number of nitrogens with one attached hydrogen (secondary N) is 1. The molecule has 0 unspecified atom stereocenters. The first-order valence-electron chi connectivity index (χ1n) is 5.19. The first-order chi connectivity index (χ1) is 8.54. The van der Waals surface area contributed by atoms with Crippen LogP contribution in [0.25, 0.3) is 0 Å². The Hall–Kier alpha value is -0.590. The average molecular weight is 390 g/mol. The fourth-order valence-corrected chi connectivity index (χ4v) is 3.70. The molecule has 6 heteroatoms.